The van der Waals surface area contributed by atoms with Gasteiger partial charge in [0.25, 0.3) is 0 Å². The molecule has 7 rings (SSSR count). The first-order valence-electron chi connectivity index (χ1n) is 11.6. The lowest BCUT2D eigenvalue weighted by Gasteiger charge is -2.09. The number of hydrogen-bond acceptors (Lipinski definition) is 2. The predicted octanol–water partition coefficient (Wildman–Crippen LogP) is 7.47. The molecule has 0 fully saturated rings. The molecule has 0 aliphatic rings. The molecule has 0 N–H and O–H groups in total. The molecule has 0 saturated heterocycles. The first-order chi connectivity index (χ1) is 16.9. The van der Waals surface area contributed by atoms with Crippen LogP contribution in [0.4, 0.5) is 0 Å². The van der Waals surface area contributed by atoms with E-state index in [0.29, 0.717) is 5.95 Å². The molecule has 5 aromatic carbocycles. The second kappa shape index (κ2) is 7.53. The van der Waals surface area contributed by atoms with E-state index in [1.165, 1.54) is 37.9 Å². The Balaban J connectivity index is 1.52. The first-order valence-corrected chi connectivity index (χ1v) is 11.6. The van der Waals surface area contributed by atoms with Gasteiger partial charge in [0.05, 0.1) is 11.0 Å². The number of aromatic nitrogens is 3. The summed E-state index contributed by atoms with van der Waals surface area (Å²) >= 11 is 0. The van der Waals surface area contributed by atoms with Crippen molar-refractivity contribution in [2.45, 2.75) is 6.42 Å². The van der Waals surface area contributed by atoms with Crippen LogP contribution in [-0.2, 0) is 6.42 Å². The highest BCUT2D eigenvalue weighted by Crippen LogP contribution is 2.39. The van der Waals surface area contributed by atoms with Gasteiger partial charge >= 0.3 is 0 Å². The van der Waals surface area contributed by atoms with Gasteiger partial charge in [-0.3, -0.25) is 4.57 Å². The van der Waals surface area contributed by atoms with Crippen molar-refractivity contribution in [3.8, 4) is 5.95 Å². The van der Waals surface area contributed by atoms with Gasteiger partial charge < -0.3 is 0 Å². The maximum Gasteiger partial charge on any atom is 0.234 e. The number of fused-ring (bicyclic) bond motifs is 7. The van der Waals surface area contributed by atoms with Crippen molar-refractivity contribution in [2.75, 3.05) is 0 Å². The molecular weight excluding hydrogens is 414 g/mol. The second-order valence-corrected chi connectivity index (χ2v) is 8.75. The van der Waals surface area contributed by atoms with Gasteiger partial charge in [0.15, 0.2) is 0 Å². The van der Waals surface area contributed by atoms with Crippen molar-refractivity contribution in [1.29, 1.82) is 0 Å². The quantitative estimate of drug-likeness (QED) is 0.288. The summed E-state index contributed by atoms with van der Waals surface area (Å²) < 4.78 is 2.23. The van der Waals surface area contributed by atoms with Crippen LogP contribution in [0.15, 0.2) is 116 Å². The summed E-state index contributed by atoms with van der Waals surface area (Å²) in [6.07, 6.45) is 4.74. The fourth-order valence-corrected chi connectivity index (χ4v) is 5.14. The van der Waals surface area contributed by atoms with Gasteiger partial charge in [0.1, 0.15) is 0 Å². The fourth-order valence-electron chi connectivity index (χ4n) is 5.14. The van der Waals surface area contributed by atoms with E-state index < -0.39 is 0 Å². The highest BCUT2D eigenvalue weighted by Gasteiger charge is 2.18. The molecule has 0 saturated carbocycles. The standard InChI is InChI=1S/C31H21N3/c1-2-8-21(9-3-1)18-22-19-32-31(33-20-22)34-28-17-15-23-10-4-6-12-25(23)29(28)27-16-14-24-11-5-7-13-26(24)30(27)34/h1-17,19-20H,18H2. The third kappa shape index (κ3) is 2.91. The van der Waals surface area contributed by atoms with E-state index in [1.54, 1.807) is 0 Å². The molecule has 2 heterocycles. The third-order valence-electron chi connectivity index (χ3n) is 6.68. The van der Waals surface area contributed by atoms with Gasteiger partial charge in [0.2, 0.25) is 5.95 Å². The van der Waals surface area contributed by atoms with Gasteiger partial charge in [0, 0.05) is 35.0 Å². The second-order valence-electron chi connectivity index (χ2n) is 8.75. The number of rotatable bonds is 3. The summed E-state index contributed by atoms with van der Waals surface area (Å²) in [6, 6.07) is 36.4. The summed E-state index contributed by atoms with van der Waals surface area (Å²) in [5.74, 6) is 0.698. The highest BCUT2D eigenvalue weighted by molar-refractivity contribution is 6.25. The van der Waals surface area contributed by atoms with Gasteiger partial charge in [-0.2, -0.15) is 0 Å². The van der Waals surface area contributed by atoms with Crippen molar-refractivity contribution in [1.82, 2.24) is 14.5 Å². The molecule has 34 heavy (non-hydrogen) atoms. The number of benzene rings is 5. The maximum absolute atomic E-state index is 4.86. The predicted molar refractivity (Wildman–Crippen MR) is 141 cm³/mol. The third-order valence-corrected chi connectivity index (χ3v) is 6.68. The van der Waals surface area contributed by atoms with Gasteiger partial charge in [-0.05, 0) is 33.4 Å². The Morgan fingerprint density at radius 1 is 0.529 bits per heavy atom. The fraction of sp³-hybridized carbons (Fsp3) is 0.0323. The smallest absolute Gasteiger partial charge is 0.234 e. The van der Waals surface area contributed by atoms with Gasteiger partial charge in [-0.15, -0.1) is 0 Å². The van der Waals surface area contributed by atoms with E-state index in [4.69, 9.17) is 9.97 Å². The molecule has 0 unspecified atom stereocenters. The largest absolute Gasteiger partial charge is 0.277 e. The Labute approximate surface area is 196 Å². The topological polar surface area (TPSA) is 30.7 Å². The zero-order valence-corrected chi connectivity index (χ0v) is 18.5. The molecule has 0 aliphatic carbocycles. The van der Waals surface area contributed by atoms with E-state index in [1.807, 2.05) is 18.5 Å². The van der Waals surface area contributed by atoms with Crippen molar-refractivity contribution >= 4 is 43.4 Å². The molecule has 0 spiro atoms. The van der Waals surface area contributed by atoms with Crippen LogP contribution in [-0.4, -0.2) is 14.5 Å². The van der Waals surface area contributed by atoms with E-state index >= 15 is 0 Å². The molecule has 7 aromatic rings. The van der Waals surface area contributed by atoms with Crippen LogP contribution in [0.2, 0.25) is 0 Å². The van der Waals surface area contributed by atoms with Crippen LogP contribution >= 0.6 is 0 Å². The van der Waals surface area contributed by atoms with Crippen LogP contribution in [0.3, 0.4) is 0 Å². The summed E-state index contributed by atoms with van der Waals surface area (Å²) in [6.45, 7) is 0. The van der Waals surface area contributed by atoms with Crippen LogP contribution in [0, 0.1) is 0 Å². The molecule has 0 bridgehead atoms. The lowest BCUT2D eigenvalue weighted by atomic mass is 10.0. The lowest BCUT2D eigenvalue weighted by molar-refractivity contribution is 0.964. The normalized spacial score (nSPS) is 11.6. The molecule has 3 nitrogen and oxygen atoms in total. The van der Waals surface area contributed by atoms with E-state index in [-0.39, 0.29) is 0 Å². The lowest BCUT2D eigenvalue weighted by Crippen LogP contribution is -2.02. The SMILES string of the molecule is c1ccc(Cc2cnc(-n3c4ccc5ccccc5c4c4ccc5ccccc5c43)nc2)cc1. The van der Waals surface area contributed by atoms with Crippen molar-refractivity contribution in [3.63, 3.8) is 0 Å². The first kappa shape index (κ1) is 19.0. The minimum absolute atomic E-state index is 0.698. The van der Waals surface area contributed by atoms with Gasteiger partial charge in [-0.1, -0.05) is 97.1 Å². The summed E-state index contributed by atoms with van der Waals surface area (Å²) in [5.41, 5.74) is 4.64. The van der Waals surface area contributed by atoms with E-state index in [2.05, 4.69) is 102 Å². The monoisotopic (exact) mass is 435 g/mol. The molecule has 0 amide bonds. The van der Waals surface area contributed by atoms with Crippen LogP contribution in [0.1, 0.15) is 11.1 Å². The number of nitrogens with zero attached hydrogens (tertiary/aromatic N) is 3. The Bertz CT molecular complexity index is 1810. The Hall–Kier alpha value is -4.50. The summed E-state index contributed by atoms with van der Waals surface area (Å²) in [7, 11) is 0. The molecule has 0 atom stereocenters. The zero-order valence-electron chi connectivity index (χ0n) is 18.5. The van der Waals surface area contributed by atoms with Crippen molar-refractivity contribution < 1.29 is 0 Å². The molecule has 160 valence electrons. The minimum atomic E-state index is 0.698. The van der Waals surface area contributed by atoms with Crippen molar-refractivity contribution in [3.05, 3.63) is 127 Å². The molecular formula is C31H21N3. The Kier molecular flexibility index (Phi) is 4.21. The minimum Gasteiger partial charge on any atom is -0.277 e. The van der Waals surface area contributed by atoms with Gasteiger partial charge in [-0.25, -0.2) is 9.97 Å². The summed E-state index contributed by atoms with van der Waals surface area (Å²) in [4.78, 5) is 9.71. The van der Waals surface area contributed by atoms with Crippen LogP contribution in [0.5, 0.6) is 0 Å². The maximum atomic E-state index is 4.86. The average Bonchev–Trinajstić information content (AvgIpc) is 3.25. The van der Waals surface area contributed by atoms with Crippen LogP contribution < -0.4 is 0 Å². The number of hydrogen-bond donors (Lipinski definition) is 0. The molecule has 2 aromatic heterocycles. The average molecular weight is 436 g/mol. The van der Waals surface area contributed by atoms with Crippen molar-refractivity contribution in [2.24, 2.45) is 0 Å². The zero-order chi connectivity index (χ0) is 22.5. The molecule has 0 radical (unpaired) electrons. The van der Waals surface area contributed by atoms with E-state index in [0.717, 1.165) is 23.0 Å². The van der Waals surface area contributed by atoms with Crippen LogP contribution in [0.25, 0.3) is 49.3 Å². The molecule has 3 heteroatoms. The Morgan fingerprint density at radius 3 is 1.97 bits per heavy atom. The molecule has 0 aliphatic heterocycles. The summed E-state index contributed by atoms with van der Waals surface area (Å²) in [5, 5.41) is 7.38. The Morgan fingerprint density at radius 2 is 1.18 bits per heavy atom. The highest BCUT2D eigenvalue weighted by atomic mass is 15.1. The van der Waals surface area contributed by atoms with E-state index in [9.17, 15) is 0 Å².